The molecule has 0 aromatic rings. The molecule has 2 unspecified atom stereocenters. The van der Waals surface area contributed by atoms with E-state index in [1.807, 2.05) is 19.0 Å². The number of allylic oxidation sites excluding steroid dienone is 6. The molecule has 0 aromatic heterocycles. The molecule has 5 nitrogen and oxygen atoms in total. The van der Waals surface area contributed by atoms with E-state index in [0.29, 0.717) is 6.42 Å². The molecule has 2 rings (SSSR count). The first-order valence-electron chi connectivity index (χ1n) is 22.6. The fraction of sp³-hybridized carbons (Fsp3) is 0.851. The van der Waals surface area contributed by atoms with E-state index in [0.717, 1.165) is 38.6 Å². The average Bonchev–Trinajstić information content (AvgIpc) is 3.65. The van der Waals surface area contributed by atoms with Gasteiger partial charge in [-0.3, -0.25) is 4.79 Å². The quantitative estimate of drug-likeness (QED) is 0.0369. The summed E-state index contributed by atoms with van der Waals surface area (Å²) in [6, 6.07) is 0. The average molecular weight is 728 g/mol. The Morgan fingerprint density at radius 1 is 0.577 bits per heavy atom. The van der Waals surface area contributed by atoms with Crippen LogP contribution in [0.15, 0.2) is 36.5 Å². The van der Waals surface area contributed by atoms with Gasteiger partial charge in [0.25, 0.3) is 0 Å². The summed E-state index contributed by atoms with van der Waals surface area (Å²) in [5, 5.41) is 0. The molecule has 52 heavy (non-hydrogen) atoms. The van der Waals surface area contributed by atoms with E-state index < -0.39 is 5.79 Å². The van der Waals surface area contributed by atoms with Crippen molar-refractivity contribution in [2.75, 3.05) is 20.6 Å². The Hall–Kier alpha value is -1.43. The van der Waals surface area contributed by atoms with Gasteiger partial charge in [-0.1, -0.05) is 147 Å². The van der Waals surface area contributed by atoms with Crippen LogP contribution < -0.4 is 0 Å². The molecule has 0 amide bonds. The summed E-state index contributed by atoms with van der Waals surface area (Å²) in [5.41, 5.74) is 0. The Labute approximate surface area is 323 Å². The molecule has 0 bridgehead atoms. The van der Waals surface area contributed by atoms with Crippen molar-refractivity contribution >= 4 is 5.97 Å². The summed E-state index contributed by atoms with van der Waals surface area (Å²) >= 11 is 0. The zero-order valence-electron chi connectivity index (χ0n) is 34.9. The van der Waals surface area contributed by atoms with Gasteiger partial charge < -0.3 is 19.1 Å². The molecule has 0 spiro atoms. The number of carbonyl (C=O) groups excluding carboxylic acids is 1. The van der Waals surface area contributed by atoms with Crippen molar-refractivity contribution in [2.45, 2.75) is 237 Å². The standard InChI is InChI=1S/C47H85NO4/c1-5-7-9-11-13-15-17-19-21-23-25-27-29-31-33-35-38-47(51-44-41-43(42-45(44)52-47)50-46(49)37-40-48(3)4)39-36-34-32-30-28-26-24-22-20-18-16-14-12-10-8-6-2/h13,15,19-22,43-45H,5-12,14,16-18,23-42H2,1-4H3/t43?,44-,45+,47?. The summed E-state index contributed by atoms with van der Waals surface area (Å²) in [6.07, 6.45) is 51.9. The summed E-state index contributed by atoms with van der Waals surface area (Å²) in [4.78, 5) is 14.4. The highest BCUT2D eigenvalue weighted by Gasteiger charge is 2.52. The van der Waals surface area contributed by atoms with Crippen molar-refractivity contribution in [1.29, 1.82) is 0 Å². The smallest absolute Gasteiger partial charge is 0.307 e. The minimum Gasteiger partial charge on any atom is -0.462 e. The predicted octanol–water partition coefficient (Wildman–Crippen LogP) is 13.8. The maximum atomic E-state index is 12.4. The van der Waals surface area contributed by atoms with Crippen LogP contribution in [0, 0.1) is 0 Å². The molecule has 1 aliphatic heterocycles. The maximum absolute atomic E-state index is 12.4. The lowest BCUT2D eigenvalue weighted by Crippen LogP contribution is -2.33. The van der Waals surface area contributed by atoms with Gasteiger partial charge in [0.15, 0.2) is 5.79 Å². The minimum absolute atomic E-state index is 0.0605. The number of rotatable bonds is 35. The predicted molar refractivity (Wildman–Crippen MR) is 223 cm³/mol. The second-order valence-corrected chi connectivity index (χ2v) is 16.4. The Balaban J connectivity index is 1.63. The van der Waals surface area contributed by atoms with Crippen molar-refractivity contribution in [3.8, 4) is 0 Å². The molecule has 1 saturated carbocycles. The van der Waals surface area contributed by atoms with Crippen LogP contribution in [-0.4, -0.2) is 55.6 Å². The fourth-order valence-electron chi connectivity index (χ4n) is 7.79. The molecule has 1 heterocycles. The Kier molecular flexibility index (Phi) is 28.6. The lowest BCUT2D eigenvalue weighted by Gasteiger charge is -2.30. The van der Waals surface area contributed by atoms with E-state index >= 15 is 0 Å². The molecule has 2 fully saturated rings. The Morgan fingerprint density at radius 3 is 1.42 bits per heavy atom. The van der Waals surface area contributed by atoms with Gasteiger partial charge >= 0.3 is 5.97 Å². The van der Waals surface area contributed by atoms with Gasteiger partial charge in [-0.15, -0.1) is 0 Å². The third-order valence-electron chi connectivity index (χ3n) is 11.0. The van der Waals surface area contributed by atoms with E-state index in [1.165, 1.54) is 161 Å². The first kappa shape index (κ1) is 46.7. The van der Waals surface area contributed by atoms with Gasteiger partial charge in [-0.2, -0.15) is 0 Å². The fourth-order valence-corrected chi connectivity index (χ4v) is 7.79. The van der Waals surface area contributed by atoms with Gasteiger partial charge in [-0.05, 0) is 84.7 Å². The van der Waals surface area contributed by atoms with E-state index in [1.54, 1.807) is 0 Å². The summed E-state index contributed by atoms with van der Waals surface area (Å²) in [5.74, 6) is -0.541. The molecule has 1 aliphatic carbocycles. The van der Waals surface area contributed by atoms with Crippen molar-refractivity contribution in [1.82, 2.24) is 4.90 Å². The molecule has 2 aliphatic rings. The first-order chi connectivity index (χ1) is 25.5. The van der Waals surface area contributed by atoms with Gasteiger partial charge in [-0.25, -0.2) is 0 Å². The van der Waals surface area contributed by atoms with Crippen molar-refractivity contribution in [3.05, 3.63) is 36.5 Å². The maximum Gasteiger partial charge on any atom is 0.307 e. The van der Waals surface area contributed by atoms with Gasteiger partial charge in [0.05, 0.1) is 18.6 Å². The van der Waals surface area contributed by atoms with Crippen LogP contribution in [0.3, 0.4) is 0 Å². The lowest BCUT2D eigenvalue weighted by molar-refractivity contribution is -0.196. The molecule has 4 atom stereocenters. The summed E-state index contributed by atoms with van der Waals surface area (Å²) in [6.45, 7) is 5.27. The van der Waals surface area contributed by atoms with Crippen molar-refractivity contribution in [3.63, 3.8) is 0 Å². The van der Waals surface area contributed by atoms with Crippen LogP contribution in [0.5, 0.6) is 0 Å². The number of nitrogens with zero attached hydrogens (tertiary/aromatic N) is 1. The van der Waals surface area contributed by atoms with Crippen molar-refractivity contribution in [2.24, 2.45) is 0 Å². The number of hydrogen-bond acceptors (Lipinski definition) is 5. The molecule has 0 N–H and O–H groups in total. The SMILES string of the molecule is CCCCCC=CCC=CCCCCCCCCC1(CCCCCCCCC=CCCCCCCCC)O[C@H]2CC(OC(=O)CCN(C)C)C[C@H]2O1. The highest BCUT2D eigenvalue weighted by molar-refractivity contribution is 5.69. The summed E-state index contributed by atoms with van der Waals surface area (Å²) < 4.78 is 19.4. The number of hydrogen-bond donors (Lipinski definition) is 0. The molecular formula is C47H85NO4. The third-order valence-corrected chi connectivity index (χ3v) is 11.0. The third kappa shape index (κ3) is 24.1. The topological polar surface area (TPSA) is 48.0 Å². The zero-order valence-corrected chi connectivity index (χ0v) is 34.9. The van der Waals surface area contributed by atoms with E-state index in [9.17, 15) is 4.79 Å². The van der Waals surface area contributed by atoms with Gasteiger partial charge in [0.2, 0.25) is 0 Å². The Morgan fingerprint density at radius 2 is 0.962 bits per heavy atom. The molecule has 0 radical (unpaired) electrons. The molecule has 5 heteroatoms. The van der Waals surface area contributed by atoms with E-state index in [2.05, 4.69) is 50.3 Å². The van der Waals surface area contributed by atoms with Crippen LogP contribution >= 0.6 is 0 Å². The monoisotopic (exact) mass is 728 g/mol. The lowest BCUT2D eigenvalue weighted by atomic mass is 9.98. The Bertz CT molecular complexity index is 912. The number of esters is 1. The van der Waals surface area contributed by atoms with Gasteiger partial charge in [0, 0.05) is 32.2 Å². The zero-order chi connectivity index (χ0) is 37.4. The van der Waals surface area contributed by atoms with Crippen LogP contribution in [0.2, 0.25) is 0 Å². The highest BCUT2D eigenvalue weighted by atomic mass is 16.8. The van der Waals surface area contributed by atoms with Crippen LogP contribution in [-0.2, 0) is 19.0 Å². The minimum atomic E-state index is -0.439. The second kappa shape index (κ2) is 31.9. The largest absolute Gasteiger partial charge is 0.462 e. The summed E-state index contributed by atoms with van der Waals surface area (Å²) in [7, 11) is 3.97. The molecule has 302 valence electrons. The number of fused-ring (bicyclic) bond motifs is 1. The van der Waals surface area contributed by atoms with Crippen LogP contribution in [0.25, 0.3) is 0 Å². The van der Waals surface area contributed by atoms with Crippen LogP contribution in [0.4, 0.5) is 0 Å². The number of carbonyl (C=O) groups is 1. The number of ether oxygens (including phenoxy) is 3. The second-order valence-electron chi connectivity index (χ2n) is 16.4. The molecule has 1 saturated heterocycles. The molecule has 0 aromatic carbocycles. The number of unbranched alkanes of at least 4 members (excludes halogenated alkanes) is 21. The van der Waals surface area contributed by atoms with E-state index in [-0.39, 0.29) is 24.3 Å². The van der Waals surface area contributed by atoms with E-state index in [4.69, 9.17) is 14.2 Å². The van der Waals surface area contributed by atoms with Crippen LogP contribution in [0.1, 0.15) is 213 Å². The normalized spacial score (nSPS) is 21.8. The van der Waals surface area contributed by atoms with Gasteiger partial charge in [0.1, 0.15) is 6.10 Å². The molecular weight excluding hydrogens is 643 g/mol. The van der Waals surface area contributed by atoms with Crippen molar-refractivity contribution < 1.29 is 19.0 Å². The first-order valence-corrected chi connectivity index (χ1v) is 22.6. The highest BCUT2D eigenvalue weighted by Crippen LogP contribution is 2.44.